The molecule has 1 atom stereocenters. The van der Waals surface area contributed by atoms with Gasteiger partial charge in [0, 0.05) is 24.2 Å². The van der Waals surface area contributed by atoms with E-state index in [1.165, 1.54) is 10.4 Å². The minimum atomic E-state index is 0.172. The lowest BCUT2D eigenvalue weighted by molar-refractivity contribution is 0.735. The zero-order valence-electron chi connectivity index (χ0n) is 11.6. The maximum Gasteiger partial charge on any atom is 0.128 e. The van der Waals surface area contributed by atoms with E-state index in [1.807, 2.05) is 38.7 Å². The van der Waals surface area contributed by atoms with Crippen LogP contribution in [0.25, 0.3) is 0 Å². The molecule has 0 spiro atoms. The Morgan fingerprint density at radius 3 is 2.68 bits per heavy atom. The van der Waals surface area contributed by atoms with Gasteiger partial charge in [0.25, 0.3) is 0 Å². The molecule has 0 fully saturated rings. The number of aromatic nitrogens is 2. The Hall–Kier alpha value is -1.46. The van der Waals surface area contributed by atoms with Crippen LogP contribution in [-0.2, 0) is 13.0 Å². The second kappa shape index (κ2) is 6.12. The van der Waals surface area contributed by atoms with Crippen molar-refractivity contribution in [1.82, 2.24) is 9.97 Å². The van der Waals surface area contributed by atoms with Gasteiger partial charge in [-0.3, -0.25) is 0 Å². The van der Waals surface area contributed by atoms with Crippen LogP contribution in [-0.4, -0.2) is 23.1 Å². The van der Waals surface area contributed by atoms with E-state index in [1.54, 1.807) is 11.3 Å². The van der Waals surface area contributed by atoms with Gasteiger partial charge in [0.2, 0.25) is 0 Å². The second-order valence-electron chi connectivity index (χ2n) is 4.92. The first-order valence-electron chi connectivity index (χ1n) is 6.37. The number of thiazole rings is 1. The summed E-state index contributed by atoms with van der Waals surface area (Å²) in [6.07, 6.45) is 2.78. The molecule has 5 heteroatoms. The maximum absolute atomic E-state index is 5.79. The summed E-state index contributed by atoms with van der Waals surface area (Å²) in [4.78, 5) is 12.2. The van der Waals surface area contributed by atoms with Gasteiger partial charge in [0.05, 0.1) is 17.7 Å². The lowest BCUT2D eigenvalue weighted by Gasteiger charge is -2.18. The zero-order chi connectivity index (χ0) is 13.8. The average molecular weight is 276 g/mol. The molecule has 0 aliphatic rings. The summed E-state index contributed by atoms with van der Waals surface area (Å²) in [6.45, 7) is 4.89. The fourth-order valence-corrected chi connectivity index (χ4v) is 2.74. The number of hydrogen-bond donors (Lipinski definition) is 1. The topological polar surface area (TPSA) is 55.0 Å². The summed E-state index contributed by atoms with van der Waals surface area (Å²) in [6, 6.07) is 4.32. The summed E-state index contributed by atoms with van der Waals surface area (Å²) in [5.41, 5.74) is 9.96. The van der Waals surface area contributed by atoms with Gasteiger partial charge in [0.1, 0.15) is 5.82 Å². The van der Waals surface area contributed by atoms with Crippen LogP contribution in [0.2, 0.25) is 0 Å². The smallest absolute Gasteiger partial charge is 0.128 e. The predicted octanol–water partition coefficient (Wildman–Crippen LogP) is 2.37. The van der Waals surface area contributed by atoms with Crippen molar-refractivity contribution in [2.75, 3.05) is 11.9 Å². The van der Waals surface area contributed by atoms with Crippen molar-refractivity contribution in [3.05, 3.63) is 40.0 Å². The molecule has 0 aromatic carbocycles. The Morgan fingerprint density at radius 2 is 2.16 bits per heavy atom. The van der Waals surface area contributed by atoms with Crippen LogP contribution in [0.4, 0.5) is 5.82 Å². The van der Waals surface area contributed by atoms with Crippen LogP contribution in [0.5, 0.6) is 0 Å². The molecule has 0 radical (unpaired) electrons. The molecule has 0 aliphatic heterocycles. The van der Waals surface area contributed by atoms with E-state index in [-0.39, 0.29) is 6.04 Å². The molecule has 2 aromatic rings. The van der Waals surface area contributed by atoms with E-state index < -0.39 is 0 Å². The third-order valence-corrected chi connectivity index (χ3v) is 3.90. The summed E-state index contributed by atoms with van der Waals surface area (Å²) in [5, 5.41) is 0. The van der Waals surface area contributed by atoms with Gasteiger partial charge in [-0.1, -0.05) is 6.07 Å². The van der Waals surface area contributed by atoms with Gasteiger partial charge in [-0.15, -0.1) is 11.3 Å². The van der Waals surface area contributed by atoms with E-state index >= 15 is 0 Å². The molecule has 2 rings (SSSR count). The molecule has 102 valence electrons. The Morgan fingerprint density at radius 1 is 1.37 bits per heavy atom. The molecule has 0 aliphatic carbocycles. The van der Waals surface area contributed by atoms with Crippen molar-refractivity contribution in [2.45, 2.75) is 32.9 Å². The highest BCUT2D eigenvalue weighted by molar-refractivity contribution is 7.09. The Labute approximate surface area is 118 Å². The first-order chi connectivity index (χ1) is 9.06. The van der Waals surface area contributed by atoms with Crippen molar-refractivity contribution in [3.8, 4) is 0 Å². The molecule has 2 heterocycles. The molecule has 4 nitrogen and oxygen atoms in total. The quantitative estimate of drug-likeness (QED) is 0.911. The average Bonchev–Trinajstić information content (AvgIpc) is 2.75. The van der Waals surface area contributed by atoms with Crippen molar-refractivity contribution in [2.24, 2.45) is 5.73 Å². The fourth-order valence-electron chi connectivity index (χ4n) is 1.91. The first-order valence-corrected chi connectivity index (χ1v) is 7.25. The minimum absolute atomic E-state index is 0.172. The van der Waals surface area contributed by atoms with Crippen LogP contribution < -0.4 is 10.6 Å². The molecular formula is C14H20N4S. The third-order valence-electron chi connectivity index (χ3n) is 2.98. The largest absolute Gasteiger partial charge is 0.354 e. The number of pyridine rings is 1. The number of anilines is 1. The molecule has 0 saturated heterocycles. The zero-order valence-corrected chi connectivity index (χ0v) is 12.4. The molecule has 2 N–H and O–H groups in total. The van der Waals surface area contributed by atoms with E-state index in [0.29, 0.717) is 0 Å². The first kappa shape index (κ1) is 14.0. The molecule has 0 saturated carbocycles. The molecule has 0 amide bonds. The lowest BCUT2D eigenvalue weighted by atomic mass is 10.1. The van der Waals surface area contributed by atoms with E-state index in [9.17, 15) is 0 Å². The fraction of sp³-hybridized carbons (Fsp3) is 0.429. The third kappa shape index (κ3) is 3.75. The van der Waals surface area contributed by atoms with Gasteiger partial charge in [-0.05, 0) is 31.9 Å². The number of nitrogens with zero attached hydrogens (tertiary/aromatic N) is 3. The van der Waals surface area contributed by atoms with Crippen molar-refractivity contribution in [1.29, 1.82) is 0 Å². The second-order valence-corrected chi connectivity index (χ2v) is 5.86. The van der Waals surface area contributed by atoms with Gasteiger partial charge < -0.3 is 10.6 Å². The van der Waals surface area contributed by atoms with Crippen molar-refractivity contribution in [3.63, 3.8) is 0 Å². The van der Waals surface area contributed by atoms with Gasteiger partial charge >= 0.3 is 0 Å². The maximum atomic E-state index is 5.79. The normalized spacial score (nSPS) is 12.4. The molecule has 0 bridgehead atoms. The van der Waals surface area contributed by atoms with Crippen LogP contribution in [0.3, 0.4) is 0 Å². The van der Waals surface area contributed by atoms with Crippen LogP contribution >= 0.6 is 11.3 Å². The molecule has 1 unspecified atom stereocenters. The number of hydrogen-bond acceptors (Lipinski definition) is 5. The van der Waals surface area contributed by atoms with Crippen LogP contribution in [0.1, 0.15) is 23.1 Å². The highest BCUT2D eigenvalue weighted by atomic mass is 32.1. The van der Waals surface area contributed by atoms with Crippen LogP contribution in [0.15, 0.2) is 23.8 Å². The standard InChI is InChI=1S/C14H20N4S/c1-10(15)6-12-4-5-14(16-7-12)18(3)8-13-11(2)17-9-19-13/h4-5,7,9-10H,6,8,15H2,1-3H3. The van der Waals surface area contributed by atoms with Gasteiger partial charge in [-0.2, -0.15) is 0 Å². The lowest BCUT2D eigenvalue weighted by Crippen LogP contribution is -2.19. The highest BCUT2D eigenvalue weighted by Gasteiger charge is 2.08. The van der Waals surface area contributed by atoms with E-state index in [2.05, 4.69) is 20.9 Å². The van der Waals surface area contributed by atoms with E-state index in [0.717, 1.165) is 24.5 Å². The Kier molecular flexibility index (Phi) is 4.50. The van der Waals surface area contributed by atoms with Crippen molar-refractivity contribution >= 4 is 17.2 Å². The van der Waals surface area contributed by atoms with Crippen LogP contribution in [0, 0.1) is 6.92 Å². The molecule has 2 aromatic heterocycles. The minimum Gasteiger partial charge on any atom is -0.354 e. The monoisotopic (exact) mass is 276 g/mol. The summed E-state index contributed by atoms with van der Waals surface area (Å²) in [7, 11) is 2.05. The Bertz CT molecular complexity index is 518. The van der Waals surface area contributed by atoms with Gasteiger partial charge in [-0.25, -0.2) is 9.97 Å². The van der Waals surface area contributed by atoms with Gasteiger partial charge in [0.15, 0.2) is 0 Å². The predicted molar refractivity (Wildman–Crippen MR) is 80.5 cm³/mol. The summed E-state index contributed by atoms with van der Waals surface area (Å²) >= 11 is 1.69. The number of nitrogens with two attached hydrogens (primary N) is 1. The highest BCUT2D eigenvalue weighted by Crippen LogP contribution is 2.18. The number of rotatable bonds is 5. The van der Waals surface area contributed by atoms with Crippen molar-refractivity contribution < 1.29 is 0 Å². The Balaban J connectivity index is 2.03. The van der Waals surface area contributed by atoms with E-state index in [4.69, 9.17) is 5.73 Å². The molecule has 19 heavy (non-hydrogen) atoms. The summed E-state index contributed by atoms with van der Waals surface area (Å²) < 4.78 is 0. The summed E-state index contributed by atoms with van der Waals surface area (Å²) in [5.74, 6) is 0.973. The molecular weight excluding hydrogens is 256 g/mol. The SMILES string of the molecule is Cc1ncsc1CN(C)c1ccc(CC(C)N)cn1. The number of aryl methyl sites for hydroxylation is 1.